The summed E-state index contributed by atoms with van der Waals surface area (Å²) in [6.45, 7) is 4.84. The summed E-state index contributed by atoms with van der Waals surface area (Å²) in [5.74, 6) is 0. The summed E-state index contributed by atoms with van der Waals surface area (Å²) in [5, 5.41) is 7.67. The van der Waals surface area contributed by atoms with Crippen LogP contribution in [0.3, 0.4) is 0 Å². The average Bonchev–Trinajstić information content (AvgIpc) is 2.39. The fourth-order valence-corrected chi connectivity index (χ4v) is 2.41. The van der Waals surface area contributed by atoms with Crippen molar-refractivity contribution in [3.8, 4) is 0 Å². The molecule has 0 aromatic carbocycles. The molecule has 0 fully saturated rings. The SMILES string of the molecule is CC(C)(CN)Sc1nncs1. The largest absolute Gasteiger partial charge is 0.329 e. The predicted molar refractivity (Wildman–Crippen MR) is 48.9 cm³/mol. The lowest BCUT2D eigenvalue weighted by Crippen LogP contribution is -2.26. The van der Waals surface area contributed by atoms with Crippen molar-refractivity contribution >= 4 is 23.1 Å². The predicted octanol–water partition coefficient (Wildman–Crippen LogP) is 1.37. The monoisotopic (exact) mass is 189 g/mol. The normalized spacial score (nSPS) is 11.9. The second kappa shape index (κ2) is 3.51. The first-order valence-electron chi connectivity index (χ1n) is 3.29. The van der Waals surface area contributed by atoms with E-state index < -0.39 is 0 Å². The molecule has 62 valence electrons. The van der Waals surface area contributed by atoms with E-state index in [-0.39, 0.29) is 4.75 Å². The third kappa shape index (κ3) is 2.76. The molecule has 3 nitrogen and oxygen atoms in total. The van der Waals surface area contributed by atoms with Crippen molar-refractivity contribution in [2.24, 2.45) is 5.73 Å². The molecular formula is C6H11N3S2. The van der Waals surface area contributed by atoms with Gasteiger partial charge in [-0.25, -0.2) is 0 Å². The van der Waals surface area contributed by atoms with Crippen LogP contribution in [0.1, 0.15) is 13.8 Å². The van der Waals surface area contributed by atoms with Crippen LogP contribution in [0.25, 0.3) is 0 Å². The van der Waals surface area contributed by atoms with Crippen LogP contribution in [0.4, 0.5) is 0 Å². The van der Waals surface area contributed by atoms with Crippen LogP contribution in [-0.4, -0.2) is 21.5 Å². The Bertz CT molecular complexity index is 208. The van der Waals surface area contributed by atoms with Gasteiger partial charge in [0.2, 0.25) is 0 Å². The Morgan fingerprint density at radius 3 is 2.91 bits per heavy atom. The molecule has 0 unspecified atom stereocenters. The third-order valence-corrected chi connectivity index (χ3v) is 3.19. The van der Waals surface area contributed by atoms with Gasteiger partial charge in [-0.15, -0.1) is 10.2 Å². The van der Waals surface area contributed by atoms with E-state index in [0.717, 1.165) is 4.34 Å². The van der Waals surface area contributed by atoms with E-state index in [1.165, 1.54) is 0 Å². The number of hydrogen-bond acceptors (Lipinski definition) is 5. The minimum absolute atomic E-state index is 0.0690. The van der Waals surface area contributed by atoms with Crippen LogP contribution in [0.15, 0.2) is 9.85 Å². The van der Waals surface area contributed by atoms with Gasteiger partial charge in [0.05, 0.1) is 0 Å². The molecule has 11 heavy (non-hydrogen) atoms. The Kier molecular flexibility index (Phi) is 2.86. The summed E-state index contributed by atoms with van der Waals surface area (Å²) in [4.78, 5) is 0. The maximum Gasteiger partial charge on any atom is 0.174 e. The summed E-state index contributed by atoms with van der Waals surface area (Å²) in [6.07, 6.45) is 0. The summed E-state index contributed by atoms with van der Waals surface area (Å²) in [7, 11) is 0. The van der Waals surface area contributed by atoms with Crippen molar-refractivity contribution in [3.63, 3.8) is 0 Å². The zero-order valence-electron chi connectivity index (χ0n) is 6.57. The Morgan fingerprint density at radius 2 is 2.45 bits per heavy atom. The summed E-state index contributed by atoms with van der Waals surface area (Å²) >= 11 is 3.22. The minimum Gasteiger partial charge on any atom is -0.329 e. The molecule has 0 aliphatic rings. The molecule has 1 heterocycles. The highest BCUT2D eigenvalue weighted by atomic mass is 32.2. The van der Waals surface area contributed by atoms with Crippen molar-refractivity contribution in [3.05, 3.63) is 5.51 Å². The van der Waals surface area contributed by atoms with Crippen molar-refractivity contribution in [2.45, 2.75) is 22.9 Å². The molecule has 2 N–H and O–H groups in total. The van der Waals surface area contributed by atoms with Gasteiger partial charge in [-0.05, 0) is 13.8 Å². The molecule has 0 atom stereocenters. The smallest absolute Gasteiger partial charge is 0.174 e. The molecule has 1 rings (SSSR count). The molecule has 0 aliphatic carbocycles. The van der Waals surface area contributed by atoms with Crippen LogP contribution < -0.4 is 5.73 Å². The molecule has 1 aromatic rings. The van der Waals surface area contributed by atoms with E-state index in [1.807, 2.05) is 0 Å². The highest BCUT2D eigenvalue weighted by molar-refractivity contribution is 8.02. The second-order valence-corrected chi connectivity index (χ2v) is 5.56. The number of nitrogens with zero attached hydrogens (tertiary/aromatic N) is 2. The summed E-state index contributed by atoms with van der Waals surface area (Å²) < 4.78 is 1.06. The van der Waals surface area contributed by atoms with Crippen LogP contribution >= 0.6 is 23.1 Å². The van der Waals surface area contributed by atoms with Gasteiger partial charge in [0.1, 0.15) is 5.51 Å². The molecule has 0 spiro atoms. The van der Waals surface area contributed by atoms with Gasteiger partial charge in [0, 0.05) is 11.3 Å². The van der Waals surface area contributed by atoms with Gasteiger partial charge in [-0.1, -0.05) is 23.1 Å². The Hall–Kier alpha value is -0.130. The Labute approximate surface area is 74.4 Å². The zero-order chi connectivity index (χ0) is 8.32. The topological polar surface area (TPSA) is 51.8 Å². The van der Waals surface area contributed by atoms with Crippen LogP contribution in [0, 0.1) is 0 Å². The fourth-order valence-electron chi connectivity index (χ4n) is 0.485. The molecule has 0 bridgehead atoms. The maximum atomic E-state index is 5.56. The zero-order valence-corrected chi connectivity index (χ0v) is 8.21. The standard InChI is InChI=1S/C6H11N3S2/c1-6(2,3-7)11-5-9-8-4-10-5/h4H,3,7H2,1-2H3. The highest BCUT2D eigenvalue weighted by Gasteiger charge is 2.18. The average molecular weight is 189 g/mol. The molecule has 5 heteroatoms. The van der Waals surface area contributed by atoms with Gasteiger partial charge in [-0.3, -0.25) is 0 Å². The molecule has 0 saturated carbocycles. The van der Waals surface area contributed by atoms with Crippen molar-refractivity contribution in [2.75, 3.05) is 6.54 Å². The minimum atomic E-state index is 0.0690. The molecule has 0 aliphatic heterocycles. The molecular weight excluding hydrogens is 178 g/mol. The Morgan fingerprint density at radius 1 is 1.73 bits per heavy atom. The molecule has 0 radical (unpaired) electrons. The summed E-state index contributed by atoms with van der Waals surface area (Å²) in [5.41, 5.74) is 7.29. The Balaban J connectivity index is 2.56. The number of hydrogen-bond donors (Lipinski definition) is 1. The number of rotatable bonds is 3. The lowest BCUT2D eigenvalue weighted by Gasteiger charge is -2.18. The summed E-state index contributed by atoms with van der Waals surface area (Å²) in [6, 6.07) is 0. The van der Waals surface area contributed by atoms with Gasteiger partial charge in [-0.2, -0.15) is 0 Å². The van der Waals surface area contributed by atoms with Gasteiger partial charge >= 0.3 is 0 Å². The van der Waals surface area contributed by atoms with Crippen molar-refractivity contribution < 1.29 is 0 Å². The maximum absolute atomic E-state index is 5.56. The van der Waals surface area contributed by atoms with Gasteiger partial charge < -0.3 is 5.73 Å². The second-order valence-electron chi connectivity index (χ2n) is 2.77. The van der Waals surface area contributed by atoms with E-state index in [2.05, 4.69) is 24.0 Å². The lowest BCUT2D eigenvalue weighted by atomic mass is 10.2. The number of thioether (sulfide) groups is 1. The van der Waals surface area contributed by atoms with Crippen LogP contribution in [-0.2, 0) is 0 Å². The van der Waals surface area contributed by atoms with Crippen LogP contribution in [0.2, 0.25) is 0 Å². The van der Waals surface area contributed by atoms with E-state index in [1.54, 1.807) is 28.6 Å². The first kappa shape index (κ1) is 8.96. The van der Waals surface area contributed by atoms with Crippen molar-refractivity contribution in [1.82, 2.24) is 10.2 Å². The van der Waals surface area contributed by atoms with E-state index >= 15 is 0 Å². The molecule has 1 aromatic heterocycles. The van der Waals surface area contributed by atoms with Gasteiger partial charge in [0.15, 0.2) is 4.34 Å². The molecule has 0 amide bonds. The number of nitrogens with two attached hydrogens (primary N) is 1. The lowest BCUT2D eigenvalue weighted by molar-refractivity contribution is 0.721. The van der Waals surface area contributed by atoms with Crippen molar-refractivity contribution in [1.29, 1.82) is 0 Å². The highest BCUT2D eigenvalue weighted by Crippen LogP contribution is 2.31. The quantitative estimate of drug-likeness (QED) is 0.730. The molecule has 0 saturated heterocycles. The van der Waals surface area contributed by atoms with Crippen LogP contribution in [0.5, 0.6) is 0 Å². The van der Waals surface area contributed by atoms with E-state index in [4.69, 9.17) is 5.73 Å². The first-order chi connectivity index (χ1) is 5.14. The fraction of sp³-hybridized carbons (Fsp3) is 0.667. The first-order valence-corrected chi connectivity index (χ1v) is 4.99. The van der Waals surface area contributed by atoms with Gasteiger partial charge in [0.25, 0.3) is 0 Å². The number of aromatic nitrogens is 2. The van der Waals surface area contributed by atoms with E-state index in [9.17, 15) is 0 Å². The van der Waals surface area contributed by atoms with E-state index in [0.29, 0.717) is 6.54 Å². The third-order valence-electron chi connectivity index (χ3n) is 1.20.